The van der Waals surface area contributed by atoms with E-state index in [1.807, 2.05) is 6.07 Å². The van der Waals surface area contributed by atoms with Crippen LogP contribution in [0.25, 0.3) is 0 Å². The maximum atomic E-state index is 12.3. The molecule has 1 saturated heterocycles. The Morgan fingerprint density at radius 2 is 2.04 bits per heavy atom. The van der Waals surface area contributed by atoms with Crippen LogP contribution in [-0.4, -0.2) is 46.6 Å². The second-order valence-corrected chi connectivity index (χ2v) is 7.66. The Bertz CT molecular complexity index is 801. The Hall–Kier alpha value is -1.95. The first-order valence-electron chi connectivity index (χ1n) is 8.97. The van der Waals surface area contributed by atoms with E-state index in [9.17, 15) is 9.90 Å². The van der Waals surface area contributed by atoms with Gasteiger partial charge in [-0.2, -0.15) is 0 Å². The first kappa shape index (κ1) is 17.5. The number of aliphatic hydroxyl groups is 1. The minimum absolute atomic E-state index is 0.0804. The van der Waals surface area contributed by atoms with Gasteiger partial charge in [-0.3, -0.25) is 9.69 Å². The standard InChI is InChI=1S/C20H22ClN3O2/c21-15-5-6-18(22-12-15)23-19(26)13-24-9-7-20(8-10-24)16-4-2-1-3-14(16)11-17(20)25/h1-6,12,17,25H,7-11,13H2,(H,22,23,26)/t17-/m1/s1. The highest BCUT2D eigenvalue weighted by atomic mass is 35.5. The topological polar surface area (TPSA) is 65.5 Å². The number of pyridine rings is 1. The van der Waals surface area contributed by atoms with Crippen molar-refractivity contribution in [2.75, 3.05) is 25.0 Å². The minimum Gasteiger partial charge on any atom is -0.392 e. The van der Waals surface area contributed by atoms with Gasteiger partial charge in [0.15, 0.2) is 0 Å². The van der Waals surface area contributed by atoms with Crippen molar-refractivity contribution in [3.8, 4) is 0 Å². The van der Waals surface area contributed by atoms with Gasteiger partial charge in [0.25, 0.3) is 0 Å². The number of rotatable bonds is 3. The Balaban J connectivity index is 1.37. The third-order valence-electron chi connectivity index (χ3n) is 5.72. The zero-order valence-electron chi connectivity index (χ0n) is 14.5. The number of anilines is 1. The molecular formula is C20H22ClN3O2. The van der Waals surface area contributed by atoms with Crippen molar-refractivity contribution < 1.29 is 9.90 Å². The highest BCUT2D eigenvalue weighted by Gasteiger charge is 2.47. The van der Waals surface area contributed by atoms with E-state index in [-0.39, 0.29) is 17.4 Å². The number of aliphatic hydroxyl groups excluding tert-OH is 1. The number of aromatic nitrogens is 1. The lowest BCUT2D eigenvalue weighted by Crippen LogP contribution is -2.49. The maximum Gasteiger partial charge on any atom is 0.239 e. The monoisotopic (exact) mass is 371 g/mol. The van der Waals surface area contributed by atoms with E-state index in [2.05, 4.69) is 33.4 Å². The van der Waals surface area contributed by atoms with Crippen LogP contribution in [0.2, 0.25) is 5.02 Å². The predicted molar refractivity (Wildman–Crippen MR) is 101 cm³/mol. The molecule has 0 radical (unpaired) electrons. The van der Waals surface area contributed by atoms with Crippen LogP contribution in [0, 0.1) is 0 Å². The molecule has 1 spiro atoms. The van der Waals surface area contributed by atoms with E-state index in [0.29, 0.717) is 17.4 Å². The molecule has 0 unspecified atom stereocenters. The van der Waals surface area contributed by atoms with Gasteiger partial charge in [0.05, 0.1) is 17.7 Å². The van der Waals surface area contributed by atoms with Crippen LogP contribution in [-0.2, 0) is 16.6 Å². The second kappa shape index (κ2) is 6.99. The summed E-state index contributed by atoms with van der Waals surface area (Å²) in [5, 5.41) is 14.0. The Labute approximate surface area is 158 Å². The van der Waals surface area contributed by atoms with Gasteiger partial charge in [0, 0.05) is 11.6 Å². The predicted octanol–water partition coefficient (Wildman–Crippen LogP) is 2.62. The van der Waals surface area contributed by atoms with Crippen LogP contribution in [0.15, 0.2) is 42.6 Å². The quantitative estimate of drug-likeness (QED) is 0.870. The molecule has 136 valence electrons. The van der Waals surface area contributed by atoms with Gasteiger partial charge in [0.1, 0.15) is 5.82 Å². The molecule has 1 fully saturated rings. The maximum absolute atomic E-state index is 12.3. The normalized spacial score (nSPS) is 21.5. The van der Waals surface area contributed by atoms with Crippen LogP contribution in [0.3, 0.4) is 0 Å². The van der Waals surface area contributed by atoms with Crippen molar-refractivity contribution in [2.24, 2.45) is 0 Å². The summed E-state index contributed by atoms with van der Waals surface area (Å²) in [4.78, 5) is 18.5. The highest BCUT2D eigenvalue weighted by molar-refractivity contribution is 6.30. The Morgan fingerprint density at radius 3 is 2.77 bits per heavy atom. The molecule has 2 heterocycles. The first-order chi connectivity index (χ1) is 12.6. The van der Waals surface area contributed by atoms with E-state index in [0.717, 1.165) is 32.4 Å². The number of likely N-dealkylation sites (tertiary alicyclic amines) is 1. The van der Waals surface area contributed by atoms with Crippen LogP contribution in [0.1, 0.15) is 24.0 Å². The number of carbonyl (C=O) groups excluding carboxylic acids is 1. The van der Waals surface area contributed by atoms with Crippen molar-refractivity contribution in [1.82, 2.24) is 9.88 Å². The number of fused-ring (bicyclic) bond motifs is 2. The van der Waals surface area contributed by atoms with Crippen LogP contribution in [0.4, 0.5) is 5.82 Å². The number of carbonyl (C=O) groups is 1. The van der Waals surface area contributed by atoms with Gasteiger partial charge in [0.2, 0.25) is 5.91 Å². The SMILES string of the molecule is O=C(CN1CCC2(CC1)c1ccccc1C[C@H]2O)Nc1ccc(Cl)cn1. The van der Waals surface area contributed by atoms with Crippen LogP contribution >= 0.6 is 11.6 Å². The van der Waals surface area contributed by atoms with Gasteiger partial charge < -0.3 is 10.4 Å². The summed E-state index contributed by atoms with van der Waals surface area (Å²) in [6, 6.07) is 11.8. The van der Waals surface area contributed by atoms with Gasteiger partial charge in [-0.1, -0.05) is 35.9 Å². The van der Waals surface area contributed by atoms with Crippen LogP contribution in [0.5, 0.6) is 0 Å². The fourth-order valence-corrected chi connectivity index (χ4v) is 4.43. The third-order valence-corrected chi connectivity index (χ3v) is 5.94. The van der Waals surface area contributed by atoms with Gasteiger partial charge in [-0.05, 0) is 55.6 Å². The zero-order chi connectivity index (χ0) is 18.1. The number of hydrogen-bond donors (Lipinski definition) is 2. The second-order valence-electron chi connectivity index (χ2n) is 7.22. The molecule has 2 N–H and O–H groups in total. The zero-order valence-corrected chi connectivity index (χ0v) is 15.2. The smallest absolute Gasteiger partial charge is 0.239 e. The molecule has 0 bridgehead atoms. The van der Waals surface area contributed by atoms with Crippen molar-refractivity contribution in [2.45, 2.75) is 30.8 Å². The summed E-state index contributed by atoms with van der Waals surface area (Å²) in [5.41, 5.74) is 2.41. The number of amides is 1. The molecule has 1 aromatic heterocycles. The molecule has 1 aliphatic heterocycles. The fraction of sp³-hybridized carbons (Fsp3) is 0.400. The van der Waals surface area contributed by atoms with E-state index in [4.69, 9.17) is 11.6 Å². The van der Waals surface area contributed by atoms with E-state index in [1.54, 1.807) is 12.1 Å². The highest BCUT2D eigenvalue weighted by Crippen LogP contribution is 2.46. The average Bonchev–Trinajstić information content (AvgIpc) is 2.91. The molecule has 1 amide bonds. The number of hydrogen-bond acceptors (Lipinski definition) is 4. The van der Waals surface area contributed by atoms with Crippen molar-refractivity contribution >= 4 is 23.3 Å². The first-order valence-corrected chi connectivity index (χ1v) is 9.35. The minimum atomic E-state index is -0.325. The number of nitrogens with zero attached hydrogens (tertiary/aromatic N) is 2. The molecule has 5 nitrogen and oxygen atoms in total. The Morgan fingerprint density at radius 1 is 1.27 bits per heavy atom. The molecule has 1 atom stereocenters. The largest absolute Gasteiger partial charge is 0.392 e. The van der Waals surface area contributed by atoms with Crippen molar-refractivity contribution in [1.29, 1.82) is 0 Å². The van der Waals surface area contributed by atoms with E-state index in [1.165, 1.54) is 17.3 Å². The average molecular weight is 372 g/mol. The molecule has 2 aliphatic rings. The van der Waals surface area contributed by atoms with Gasteiger partial charge in [-0.15, -0.1) is 0 Å². The molecule has 0 saturated carbocycles. The molecule has 26 heavy (non-hydrogen) atoms. The van der Waals surface area contributed by atoms with Crippen LogP contribution < -0.4 is 5.32 Å². The summed E-state index contributed by atoms with van der Waals surface area (Å²) in [6.07, 6.45) is 3.67. The molecule has 1 aliphatic carbocycles. The molecule has 1 aromatic carbocycles. The number of halogens is 1. The van der Waals surface area contributed by atoms with E-state index < -0.39 is 0 Å². The summed E-state index contributed by atoms with van der Waals surface area (Å²) < 4.78 is 0. The molecular weight excluding hydrogens is 350 g/mol. The lowest BCUT2D eigenvalue weighted by atomic mass is 9.72. The number of benzene rings is 1. The number of piperidine rings is 1. The molecule has 6 heteroatoms. The molecule has 4 rings (SSSR count). The lowest BCUT2D eigenvalue weighted by molar-refractivity contribution is -0.117. The summed E-state index contributed by atoms with van der Waals surface area (Å²) >= 11 is 5.81. The summed E-state index contributed by atoms with van der Waals surface area (Å²) in [7, 11) is 0. The Kier molecular flexibility index (Phi) is 4.69. The summed E-state index contributed by atoms with van der Waals surface area (Å²) in [5.74, 6) is 0.427. The summed E-state index contributed by atoms with van der Waals surface area (Å²) in [6.45, 7) is 1.93. The molecule has 2 aromatic rings. The van der Waals surface area contributed by atoms with Crippen molar-refractivity contribution in [3.05, 3.63) is 58.7 Å². The third kappa shape index (κ3) is 3.22. The van der Waals surface area contributed by atoms with Gasteiger partial charge in [-0.25, -0.2) is 4.98 Å². The fourth-order valence-electron chi connectivity index (χ4n) is 4.32. The van der Waals surface area contributed by atoms with Crippen molar-refractivity contribution in [3.63, 3.8) is 0 Å². The van der Waals surface area contributed by atoms with Gasteiger partial charge >= 0.3 is 0 Å². The van der Waals surface area contributed by atoms with E-state index >= 15 is 0 Å². The lowest BCUT2D eigenvalue weighted by Gasteiger charge is -2.42. The number of nitrogens with one attached hydrogen (secondary N) is 1.